The summed E-state index contributed by atoms with van der Waals surface area (Å²) in [7, 11) is 1.56. The Hall–Kier alpha value is -4.28. The van der Waals surface area contributed by atoms with Gasteiger partial charge in [-0.25, -0.2) is 5.43 Å². The van der Waals surface area contributed by atoms with Crippen molar-refractivity contribution in [3.63, 3.8) is 0 Å². The Kier molecular flexibility index (Phi) is 11.0. The van der Waals surface area contributed by atoms with Crippen LogP contribution in [0, 0.1) is 0 Å². The number of hydrazone groups is 1. The van der Waals surface area contributed by atoms with Crippen LogP contribution in [0.15, 0.2) is 65.8 Å². The van der Waals surface area contributed by atoms with Crippen molar-refractivity contribution in [1.82, 2.24) is 10.7 Å². The van der Waals surface area contributed by atoms with Crippen LogP contribution in [0.2, 0.25) is 10.0 Å². The van der Waals surface area contributed by atoms with Gasteiger partial charge in [-0.1, -0.05) is 35.3 Å². The predicted molar refractivity (Wildman–Crippen MR) is 149 cm³/mol. The zero-order valence-electron chi connectivity index (χ0n) is 21.1. The summed E-state index contributed by atoms with van der Waals surface area (Å²) in [4.78, 5) is 36.4. The van der Waals surface area contributed by atoms with Gasteiger partial charge in [-0.05, 0) is 66.6 Å². The van der Waals surface area contributed by atoms with E-state index in [1.54, 1.807) is 68.6 Å². The normalized spacial score (nSPS) is 10.6. The number of rotatable bonds is 11. The summed E-state index contributed by atoms with van der Waals surface area (Å²) in [5.74, 6) is -0.804. The van der Waals surface area contributed by atoms with Crippen LogP contribution in [0.1, 0.15) is 18.1 Å². The molecule has 0 saturated heterocycles. The molecule has 0 saturated carbocycles. The van der Waals surface area contributed by atoms with E-state index in [0.29, 0.717) is 45.2 Å². The molecule has 3 aromatic rings. The molecule has 0 unspecified atom stereocenters. The minimum atomic E-state index is -0.920. The molecule has 0 heterocycles. The van der Waals surface area contributed by atoms with Crippen LogP contribution in [0.25, 0.3) is 0 Å². The molecule has 0 radical (unpaired) electrons. The van der Waals surface area contributed by atoms with Crippen molar-refractivity contribution >= 4 is 52.8 Å². The zero-order chi connectivity index (χ0) is 28.2. The number of carbonyl (C=O) groups excluding carboxylic acids is 3. The molecular weight excluding hydrogens is 547 g/mol. The highest BCUT2D eigenvalue weighted by Crippen LogP contribution is 2.29. The molecule has 0 fully saturated rings. The summed E-state index contributed by atoms with van der Waals surface area (Å²) < 4.78 is 16.3. The summed E-state index contributed by atoms with van der Waals surface area (Å²) in [6, 6.07) is 16.6. The number of carbonyl (C=O) groups is 3. The van der Waals surface area contributed by atoms with Crippen molar-refractivity contribution in [1.29, 1.82) is 0 Å². The van der Waals surface area contributed by atoms with Crippen molar-refractivity contribution in [2.75, 3.05) is 25.6 Å². The fraction of sp³-hybridized carbons (Fsp3) is 0.185. The fourth-order valence-electron chi connectivity index (χ4n) is 3.14. The number of hydrogen-bond acceptors (Lipinski definition) is 7. The lowest BCUT2D eigenvalue weighted by Gasteiger charge is -2.13. The van der Waals surface area contributed by atoms with Crippen LogP contribution in [-0.4, -0.2) is 44.3 Å². The van der Waals surface area contributed by atoms with Gasteiger partial charge >= 0.3 is 11.8 Å². The summed E-state index contributed by atoms with van der Waals surface area (Å²) in [5, 5.41) is 9.74. The van der Waals surface area contributed by atoms with Crippen LogP contribution in [0.5, 0.6) is 17.2 Å². The first-order valence-electron chi connectivity index (χ1n) is 11.7. The standard InChI is InChI=1S/C27H26Cl2N4O6/c1-3-38-24-12-18(6-11-23(24)39-16-25(34)32-22-10-7-19(28)13-21(22)29)15-31-33-27(36)26(35)30-14-17-4-8-20(37-2)9-5-17/h4-13,15H,3,14,16H2,1-2H3,(H,30,35)(H,32,34)(H,33,36)/b31-15-. The van der Waals surface area contributed by atoms with Crippen molar-refractivity contribution in [2.45, 2.75) is 13.5 Å². The predicted octanol–water partition coefficient (Wildman–Crippen LogP) is 4.18. The first kappa shape index (κ1) is 29.3. The molecule has 0 bridgehead atoms. The Labute approximate surface area is 235 Å². The fourth-order valence-corrected chi connectivity index (χ4v) is 3.59. The summed E-state index contributed by atoms with van der Waals surface area (Å²) in [5.41, 5.74) is 3.94. The van der Waals surface area contributed by atoms with Crippen molar-refractivity contribution < 1.29 is 28.6 Å². The summed E-state index contributed by atoms with van der Waals surface area (Å²) in [6.45, 7) is 2.01. The van der Waals surface area contributed by atoms with Gasteiger partial charge < -0.3 is 24.8 Å². The van der Waals surface area contributed by atoms with E-state index >= 15 is 0 Å². The Balaban J connectivity index is 1.52. The van der Waals surface area contributed by atoms with Gasteiger partial charge in [0.25, 0.3) is 5.91 Å². The Morgan fingerprint density at radius 1 is 0.923 bits per heavy atom. The number of anilines is 1. The second-order valence-corrected chi connectivity index (χ2v) is 8.67. The third-order valence-corrected chi connectivity index (χ3v) is 5.58. The van der Waals surface area contributed by atoms with Crippen LogP contribution in [0.3, 0.4) is 0 Å². The topological polar surface area (TPSA) is 127 Å². The number of methoxy groups -OCH3 is 1. The molecule has 3 aromatic carbocycles. The van der Waals surface area contributed by atoms with Crippen LogP contribution in [-0.2, 0) is 20.9 Å². The van der Waals surface area contributed by atoms with Crippen molar-refractivity contribution in [3.8, 4) is 17.2 Å². The monoisotopic (exact) mass is 572 g/mol. The number of amides is 3. The smallest absolute Gasteiger partial charge is 0.329 e. The SMILES string of the molecule is CCOc1cc(/C=N\NC(=O)C(=O)NCc2ccc(OC)cc2)ccc1OCC(=O)Nc1ccc(Cl)cc1Cl. The van der Waals surface area contributed by atoms with Gasteiger partial charge in [-0.15, -0.1) is 0 Å². The largest absolute Gasteiger partial charge is 0.497 e. The van der Waals surface area contributed by atoms with E-state index < -0.39 is 17.7 Å². The second-order valence-electron chi connectivity index (χ2n) is 7.83. The quantitative estimate of drug-likeness (QED) is 0.180. The number of ether oxygens (including phenoxy) is 3. The number of benzene rings is 3. The lowest BCUT2D eigenvalue weighted by molar-refractivity contribution is -0.139. The van der Waals surface area contributed by atoms with Crippen LogP contribution < -0.4 is 30.3 Å². The third-order valence-electron chi connectivity index (χ3n) is 5.03. The average molecular weight is 573 g/mol. The molecule has 0 spiro atoms. The Bertz CT molecular complexity index is 1350. The highest BCUT2D eigenvalue weighted by Gasteiger charge is 2.13. The molecule has 3 N–H and O–H groups in total. The van der Waals surface area contributed by atoms with E-state index in [2.05, 4.69) is 21.2 Å². The van der Waals surface area contributed by atoms with Gasteiger partial charge in [0.05, 0.1) is 30.6 Å². The van der Waals surface area contributed by atoms with E-state index in [4.69, 9.17) is 37.4 Å². The number of nitrogens with zero attached hydrogens (tertiary/aromatic N) is 1. The van der Waals surface area contributed by atoms with Crippen LogP contribution in [0.4, 0.5) is 5.69 Å². The van der Waals surface area contributed by atoms with Gasteiger partial charge in [0, 0.05) is 11.6 Å². The number of hydrogen-bond donors (Lipinski definition) is 3. The third kappa shape index (κ3) is 9.20. The highest BCUT2D eigenvalue weighted by molar-refractivity contribution is 6.36. The summed E-state index contributed by atoms with van der Waals surface area (Å²) in [6.07, 6.45) is 1.34. The Morgan fingerprint density at radius 3 is 2.38 bits per heavy atom. The van der Waals surface area contributed by atoms with E-state index in [-0.39, 0.29) is 13.2 Å². The molecule has 204 valence electrons. The van der Waals surface area contributed by atoms with Crippen LogP contribution >= 0.6 is 23.2 Å². The molecule has 0 aliphatic heterocycles. The van der Waals surface area contributed by atoms with E-state index in [0.717, 1.165) is 5.56 Å². The molecule has 0 aromatic heterocycles. The van der Waals surface area contributed by atoms with Crippen molar-refractivity contribution in [3.05, 3.63) is 81.8 Å². The number of halogens is 2. The molecule has 0 atom stereocenters. The van der Waals surface area contributed by atoms with Gasteiger partial charge in [0.15, 0.2) is 18.1 Å². The minimum absolute atomic E-state index is 0.171. The molecular formula is C27H26Cl2N4O6. The number of nitrogens with one attached hydrogen (secondary N) is 3. The minimum Gasteiger partial charge on any atom is -0.497 e. The average Bonchev–Trinajstić information content (AvgIpc) is 2.93. The first-order valence-corrected chi connectivity index (χ1v) is 12.4. The van der Waals surface area contributed by atoms with E-state index in [1.807, 2.05) is 0 Å². The molecule has 12 heteroatoms. The van der Waals surface area contributed by atoms with Gasteiger partial charge in [0.1, 0.15) is 5.75 Å². The maximum atomic E-state index is 12.3. The molecule has 0 aliphatic rings. The lowest BCUT2D eigenvalue weighted by atomic mass is 10.2. The molecule has 3 rings (SSSR count). The lowest BCUT2D eigenvalue weighted by Crippen LogP contribution is -2.37. The maximum absolute atomic E-state index is 12.3. The maximum Gasteiger partial charge on any atom is 0.329 e. The Morgan fingerprint density at radius 2 is 1.69 bits per heavy atom. The highest BCUT2D eigenvalue weighted by atomic mass is 35.5. The van der Waals surface area contributed by atoms with E-state index in [1.165, 1.54) is 12.3 Å². The van der Waals surface area contributed by atoms with Gasteiger partial charge in [0.2, 0.25) is 0 Å². The van der Waals surface area contributed by atoms with E-state index in [9.17, 15) is 14.4 Å². The van der Waals surface area contributed by atoms with Crippen molar-refractivity contribution in [2.24, 2.45) is 5.10 Å². The van der Waals surface area contributed by atoms with Gasteiger partial charge in [-0.3, -0.25) is 14.4 Å². The molecule has 10 nitrogen and oxygen atoms in total. The summed E-state index contributed by atoms with van der Waals surface area (Å²) >= 11 is 11.9. The first-order chi connectivity index (χ1) is 18.8. The molecule has 3 amide bonds. The molecule has 0 aliphatic carbocycles. The second kappa shape index (κ2) is 14.6. The molecule has 39 heavy (non-hydrogen) atoms. The zero-order valence-corrected chi connectivity index (χ0v) is 22.6. The van der Waals surface area contributed by atoms with Gasteiger partial charge in [-0.2, -0.15) is 5.10 Å².